The average molecular weight is 298 g/mol. The maximum absolute atomic E-state index is 6.37. The van der Waals surface area contributed by atoms with Crippen LogP contribution in [0.2, 0.25) is 5.02 Å². The van der Waals surface area contributed by atoms with Gasteiger partial charge in [0.05, 0.1) is 16.4 Å². The van der Waals surface area contributed by atoms with Gasteiger partial charge in [0.15, 0.2) is 0 Å². The van der Waals surface area contributed by atoms with Crippen molar-refractivity contribution < 1.29 is 0 Å². The van der Waals surface area contributed by atoms with Crippen LogP contribution in [0.5, 0.6) is 0 Å². The Labute approximate surface area is 123 Å². The molecular weight excluding hydrogens is 278 g/mol. The molecule has 0 atom stereocenters. The minimum atomic E-state index is 0.783. The largest absolute Gasteiger partial charge is 0.311 e. The second-order valence-corrected chi connectivity index (χ2v) is 5.79. The van der Waals surface area contributed by atoms with Gasteiger partial charge in [-0.15, -0.1) is 11.3 Å². The summed E-state index contributed by atoms with van der Waals surface area (Å²) in [4.78, 5) is 1.41. The second-order valence-electron chi connectivity index (χ2n) is 4.38. The van der Waals surface area contributed by atoms with Crippen molar-refractivity contribution in [1.82, 2.24) is 15.1 Å². The number of aromatic nitrogens is 2. The van der Waals surface area contributed by atoms with Gasteiger partial charge in [0.2, 0.25) is 0 Å². The SMILES string of the molecule is CCc1nn(CC)c(CNCCc2cccs2)c1Cl. The molecule has 0 aliphatic carbocycles. The van der Waals surface area contributed by atoms with Gasteiger partial charge in [-0.2, -0.15) is 5.10 Å². The first-order valence-electron chi connectivity index (χ1n) is 6.73. The summed E-state index contributed by atoms with van der Waals surface area (Å²) in [6.07, 6.45) is 1.95. The second kappa shape index (κ2) is 7.08. The van der Waals surface area contributed by atoms with Crippen LogP contribution in [0.1, 0.15) is 30.1 Å². The Bertz CT molecular complexity index is 505. The molecule has 0 saturated carbocycles. The predicted molar refractivity (Wildman–Crippen MR) is 82.0 cm³/mol. The fourth-order valence-electron chi connectivity index (χ4n) is 2.06. The Morgan fingerprint density at radius 1 is 1.42 bits per heavy atom. The molecule has 0 aliphatic heterocycles. The lowest BCUT2D eigenvalue weighted by atomic mass is 10.3. The molecule has 0 unspecified atom stereocenters. The molecule has 104 valence electrons. The van der Waals surface area contributed by atoms with E-state index >= 15 is 0 Å². The van der Waals surface area contributed by atoms with E-state index in [1.807, 2.05) is 4.68 Å². The predicted octanol–water partition coefficient (Wildman–Crippen LogP) is 3.51. The normalized spacial score (nSPS) is 11.1. The van der Waals surface area contributed by atoms with E-state index in [1.54, 1.807) is 11.3 Å². The molecule has 0 fully saturated rings. The molecule has 0 amide bonds. The summed E-state index contributed by atoms with van der Waals surface area (Å²) in [7, 11) is 0. The van der Waals surface area contributed by atoms with E-state index in [2.05, 4.69) is 41.8 Å². The average Bonchev–Trinajstić information content (AvgIpc) is 3.03. The molecule has 0 aliphatic rings. The molecule has 0 bridgehead atoms. The van der Waals surface area contributed by atoms with Gasteiger partial charge >= 0.3 is 0 Å². The zero-order chi connectivity index (χ0) is 13.7. The third kappa shape index (κ3) is 3.59. The highest BCUT2D eigenvalue weighted by molar-refractivity contribution is 7.09. The summed E-state index contributed by atoms with van der Waals surface area (Å²) in [6.45, 7) is 6.79. The molecule has 0 saturated heterocycles. The summed E-state index contributed by atoms with van der Waals surface area (Å²) in [5, 5.41) is 10.9. The number of rotatable bonds is 7. The molecule has 1 N–H and O–H groups in total. The third-order valence-corrected chi connectivity index (χ3v) is 4.49. The van der Waals surface area contributed by atoms with E-state index in [1.165, 1.54) is 4.88 Å². The summed E-state index contributed by atoms with van der Waals surface area (Å²) in [5.41, 5.74) is 2.10. The number of aryl methyl sites for hydroxylation is 2. The van der Waals surface area contributed by atoms with Crippen LogP contribution in [0, 0.1) is 0 Å². The van der Waals surface area contributed by atoms with Gasteiger partial charge in [-0.3, -0.25) is 4.68 Å². The summed E-state index contributed by atoms with van der Waals surface area (Å²) in [5.74, 6) is 0. The molecule has 19 heavy (non-hydrogen) atoms. The van der Waals surface area contributed by atoms with Crippen LogP contribution in [-0.4, -0.2) is 16.3 Å². The summed E-state index contributed by atoms with van der Waals surface area (Å²) >= 11 is 8.17. The van der Waals surface area contributed by atoms with E-state index in [-0.39, 0.29) is 0 Å². The highest BCUT2D eigenvalue weighted by atomic mass is 35.5. The van der Waals surface area contributed by atoms with Crippen molar-refractivity contribution in [3.05, 3.63) is 38.8 Å². The zero-order valence-electron chi connectivity index (χ0n) is 11.4. The first kappa shape index (κ1) is 14.6. The molecule has 3 nitrogen and oxygen atoms in total. The number of nitrogens with one attached hydrogen (secondary N) is 1. The highest BCUT2D eigenvalue weighted by Gasteiger charge is 2.13. The van der Waals surface area contributed by atoms with Crippen LogP contribution in [0.15, 0.2) is 17.5 Å². The van der Waals surface area contributed by atoms with Gasteiger partial charge in [-0.25, -0.2) is 0 Å². The van der Waals surface area contributed by atoms with E-state index in [9.17, 15) is 0 Å². The van der Waals surface area contributed by atoms with Crippen LogP contribution in [0.3, 0.4) is 0 Å². The van der Waals surface area contributed by atoms with Crippen molar-refractivity contribution in [2.24, 2.45) is 0 Å². The fraction of sp³-hybridized carbons (Fsp3) is 0.500. The lowest BCUT2D eigenvalue weighted by Crippen LogP contribution is -2.19. The van der Waals surface area contributed by atoms with Crippen LogP contribution in [0.25, 0.3) is 0 Å². The fourth-order valence-corrected chi connectivity index (χ4v) is 3.10. The number of halogens is 1. The molecule has 2 aromatic rings. The highest BCUT2D eigenvalue weighted by Crippen LogP contribution is 2.21. The van der Waals surface area contributed by atoms with Crippen LogP contribution < -0.4 is 5.32 Å². The Balaban J connectivity index is 1.90. The summed E-state index contributed by atoms with van der Waals surface area (Å²) < 4.78 is 2.00. The zero-order valence-corrected chi connectivity index (χ0v) is 13.0. The standard InChI is InChI=1S/C14H20ClN3S/c1-3-12-14(15)13(18(4-2)17-12)10-16-8-7-11-6-5-9-19-11/h5-6,9,16H,3-4,7-8,10H2,1-2H3. The van der Waals surface area contributed by atoms with Crippen molar-refractivity contribution in [3.8, 4) is 0 Å². The van der Waals surface area contributed by atoms with Crippen LogP contribution >= 0.6 is 22.9 Å². The minimum Gasteiger partial charge on any atom is -0.311 e. The third-order valence-electron chi connectivity index (χ3n) is 3.11. The molecule has 2 aromatic heterocycles. The molecule has 2 heterocycles. The van der Waals surface area contributed by atoms with Gasteiger partial charge in [0.25, 0.3) is 0 Å². The topological polar surface area (TPSA) is 29.9 Å². The van der Waals surface area contributed by atoms with Gasteiger partial charge in [0.1, 0.15) is 0 Å². The molecular formula is C14H20ClN3S. The van der Waals surface area contributed by atoms with E-state index in [4.69, 9.17) is 11.6 Å². The van der Waals surface area contributed by atoms with Crippen molar-refractivity contribution >= 4 is 22.9 Å². The van der Waals surface area contributed by atoms with Gasteiger partial charge in [-0.05, 0) is 31.2 Å². The van der Waals surface area contributed by atoms with Crippen molar-refractivity contribution in [2.45, 2.75) is 39.8 Å². The molecule has 2 rings (SSSR count). The number of nitrogens with zero attached hydrogens (tertiary/aromatic N) is 2. The van der Waals surface area contributed by atoms with Crippen LogP contribution in [0.4, 0.5) is 0 Å². The monoisotopic (exact) mass is 297 g/mol. The number of thiophene rings is 1. The lowest BCUT2D eigenvalue weighted by molar-refractivity contribution is 0.579. The number of hydrogen-bond donors (Lipinski definition) is 1. The van der Waals surface area contributed by atoms with Gasteiger partial charge < -0.3 is 5.32 Å². The molecule has 0 radical (unpaired) electrons. The van der Waals surface area contributed by atoms with E-state index < -0.39 is 0 Å². The smallest absolute Gasteiger partial charge is 0.0863 e. The molecule has 0 spiro atoms. The molecule has 5 heteroatoms. The first-order valence-corrected chi connectivity index (χ1v) is 7.99. The van der Waals surface area contributed by atoms with E-state index in [0.29, 0.717) is 0 Å². The Hall–Kier alpha value is -0.840. The summed E-state index contributed by atoms with van der Waals surface area (Å²) in [6, 6.07) is 4.27. The van der Waals surface area contributed by atoms with E-state index in [0.717, 1.165) is 48.9 Å². The maximum Gasteiger partial charge on any atom is 0.0863 e. The maximum atomic E-state index is 6.37. The van der Waals surface area contributed by atoms with Crippen LogP contribution in [-0.2, 0) is 25.9 Å². The number of hydrogen-bond acceptors (Lipinski definition) is 3. The van der Waals surface area contributed by atoms with Gasteiger partial charge in [0, 0.05) is 24.5 Å². The van der Waals surface area contributed by atoms with Gasteiger partial charge in [-0.1, -0.05) is 24.6 Å². The quantitative estimate of drug-likeness (QED) is 0.793. The Kier molecular flexibility index (Phi) is 5.43. The Morgan fingerprint density at radius 3 is 2.89 bits per heavy atom. The first-order chi connectivity index (χ1) is 9.26. The lowest BCUT2D eigenvalue weighted by Gasteiger charge is -2.07. The van der Waals surface area contributed by atoms with Crippen molar-refractivity contribution in [1.29, 1.82) is 0 Å². The van der Waals surface area contributed by atoms with Crippen molar-refractivity contribution in [3.63, 3.8) is 0 Å². The molecule has 0 aromatic carbocycles. The minimum absolute atomic E-state index is 0.783. The van der Waals surface area contributed by atoms with Crippen molar-refractivity contribution in [2.75, 3.05) is 6.54 Å². The Morgan fingerprint density at radius 2 is 2.26 bits per heavy atom.